The highest BCUT2D eigenvalue weighted by Crippen LogP contribution is 2.18. The van der Waals surface area contributed by atoms with Crippen LogP contribution in [0.15, 0.2) is 18.2 Å². The van der Waals surface area contributed by atoms with Crippen molar-refractivity contribution in [1.29, 1.82) is 0 Å². The first-order valence-electron chi connectivity index (χ1n) is 7.88. The van der Waals surface area contributed by atoms with Crippen LogP contribution in [0.5, 0.6) is 5.75 Å². The summed E-state index contributed by atoms with van der Waals surface area (Å²) in [5, 5.41) is 13.2. The average Bonchev–Trinajstić information content (AvgIpc) is 2.46. The number of benzene rings is 1. The quantitative estimate of drug-likeness (QED) is 0.648. The molecule has 0 aliphatic heterocycles. The van der Waals surface area contributed by atoms with Crippen molar-refractivity contribution in [2.75, 3.05) is 39.3 Å². The third kappa shape index (κ3) is 6.93. The first-order chi connectivity index (χ1) is 10.1. The monoisotopic (exact) mass is 294 g/mol. The van der Waals surface area contributed by atoms with Gasteiger partial charge in [-0.05, 0) is 38.6 Å². The van der Waals surface area contributed by atoms with E-state index in [4.69, 9.17) is 4.74 Å². The maximum atomic E-state index is 9.93. The van der Waals surface area contributed by atoms with Crippen molar-refractivity contribution in [1.82, 2.24) is 10.2 Å². The van der Waals surface area contributed by atoms with Gasteiger partial charge in [0.2, 0.25) is 0 Å². The Morgan fingerprint density at radius 2 is 1.95 bits per heavy atom. The summed E-state index contributed by atoms with van der Waals surface area (Å²) in [6.45, 7) is 13.3. The van der Waals surface area contributed by atoms with Crippen LogP contribution < -0.4 is 10.1 Å². The lowest BCUT2D eigenvalue weighted by Gasteiger charge is -2.19. The molecule has 0 radical (unpaired) electrons. The van der Waals surface area contributed by atoms with Gasteiger partial charge in [-0.15, -0.1) is 0 Å². The van der Waals surface area contributed by atoms with E-state index in [9.17, 15) is 5.11 Å². The average molecular weight is 294 g/mol. The second-order valence-electron chi connectivity index (χ2n) is 5.46. The number of hydrogen-bond donors (Lipinski definition) is 2. The largest absolute Gasteiger partial charge is 0.491 e. The molecule has 4 nitrogen and oxygen atoms in total. The van der Waals surface area contributed by atoms with Crippen LogP contribution >= 0.6 is 0 Å². The fraction of sp³-hybridized carbons (Fsp3) is 0.647. The number of likely N-dealkylation sites (N-methyl/N-ethyl adjacent to an activating group) is 1. The van der Waals surface area contributed by atoms with Crippen molar-refractivity contribution in [2.45, 2.75) is 33.8 Å². The maximum Gasteiger partial charge on any atom is 0.122 e. The van der Waals surface area contributed by atoms with Crippen molar-refractivity contribution >= 4 is 0 Å². The van der Waals surface area contributed by atoms with Gasteiger partial charge in [0.15, 0.2) is 0 Å². The van der Waals surface area contributed by atoms with Crippen molar-refractivity contribution in [2.24, 2.45) is 0 Å². The highest BCUT2D eigenvalue weighted by Gasteiger charge is 2.07. The Kier molecular flexibility index (Phi) is 8.35. The molecule has 2 N–H and O–H groups in total. The van der Waals surface area contributed by atoms with Gasteiger partial charge in [-0.1, -0.05) is 31.5 Å². The molecule has 120 valence electrons. The summed E-state index contributed by atoms with van der Waals surface area (Å²) in [6.07, 6.45) is -0.484. The zero-order valence-corrected chi connectivity index (χ0v) is 13.9. The normalized spacial score (nSPS) is 12.7. The van der Waals surface area contributed by atoms with Gasteiger partial charge in [0.25, 0.3) is 0 Å². The molecule has 1 aromatic carbocycles. The van der Waals surface area contributed by atoms with Crippen LogP contribution in [0.3, 0.4) is 0 Å². The molecular weight excluding hydrogens is 264 g/mol. The summed E-state index contributed by atoms with van der Waals surface area (Å²) >= 11 is 0. The Morgan fingerprint density at radius 3 is 2.57 bits per heavy atom. The van der Waals surface area contributed by atoms with Gasteiger partial charge < -0.3 is 20.1 Å². The van der Waals surface area contributed by atoms with Crippen LogP contribution in [0.2, 0.25) is 0 Å². The number of rotatable bonds is 10. The molecule has 0 aliphatic carbocycles. The topological polar surface area (TPSA) is 44.7 Å². The third-order valence-electron chi connectivity index (χ3n) is 3.64. The molecular formula is C17H30N2O2. The molecule has 0 aromatic heterocycles. The van der Waals surface area contributed by atoms with Gasteiger partial charge in [0.1, 0.15) is 18.5 Å². The highest BCUT2D eigenvalue weighted by molar-refractivity contribution is 5.35. The minimum absolute atomic E-state index is 0.322. The second kappa shape index (κ2) is 9.77. The van der Waals surface area contributed by atoms with Crippen LogP contribution in [0.1, 0.15) is 25.0 Å². The number of hydrogen-bond acceptors (Lipinski definition) is 4. The number of aliphatic hydroxyl groups excluding tert-OH is 1. The van der Waals surface area contributed by atoms with E-state index in [1.807, 2.05) is 19.1 Å². The smallest absolute Gasteiger partial charge is 0.122 e. The lowest BCUT2D eigenvalue weighted by Crippen LogP contribution is -2.37. The van der Waals surface area contributed by atoms with E-state index >= 15 is 0 Å². The molecule has 0 heterocycles. The molecule has 0 amide bonds. The van der Waals surface area contributed by atoms with E-state index < -0.39 is 6.10 Å². The molecule has 4 heteroatoms. The minimum atomic E-state index is -0.484. The third-order valence-corrected chi connectivity index (χ3v) is 3.64. The molecule has 0 bridgehead atoms. The van der Waals surface area contributed by atoms with E-state index in [-0.39, 0.29) is 0 Å². The van der Waals surface area contributed by atoms with Crippen LogP contribution in [0.4, 0.5) is 0 Å². The number of aryl methyl sites for hydroxylation is 2. The molecule has 1 rings (SSSR count). The van der Waals surface area contributed by atoms with Gasteiger partial charge in [0.05, 0.1) is 0 Å². The van der Waals surface area contributed by atoms with Gasteiger partial charge in [-0.2, -0.15) is 0 Å². The highest BCUT2D eigenvalue weighted by atomic mass is 16.5. The lowest BCUT2D eigenvalue weighted by atomic mass is 10.1. The first-order valence-corrected chi connectivity index (χ1v) is 7.88. The van der Waals surface area contributed by atoms with Crippen LogP contribution in [-0.2, 0) is 0 Å². The molecule has 1 atom stereocenters. The number of nitrogens with zero attached hydrogens (tertiary/aromatic N) is 1. The Hall–Kier alpha value is -1.10. The second-order valence-corrected chi connectivity index (χ2v) is 5.46. The number of aliphatic hydroxyl groups is 1. The van der Waals surface area contributed by atoms with Gasteiger partial charge in [0, 0.05) is 19.6 Å². The van der Waals surface area contributed by atoms with Crippen molar-refractivity contribution < 1.29 is 9.84 Å². The molecule has 0 saturated carbocycles. The maximum absolute atomic E-state index is 9.93. The fourth-order valence-corrected chi connectivity index (χ4v) is 2.25. The van der Waals surface area contributed by atoms with Crippen LogP contribution in [0.25, 0.3) is 0 Å². The number of nitrogens with one attached hydrogen (secondary N) is 1. The van der Waals surface area contributed by atoms with Crippen molar-refractivity contribution in [3.8, 4) is 5.75 Å². The minimum Gasteiger partial charge on any atom is -0.491 e. The molecule has 0 fully saturated rings. The predicted octanol–water partition coefficient (Wildman–Crippen LogP) is 1.97. The number of ether oxygens (including phenoxy) is 1. The predicted molar refractivity (Wildman–Crippen MR) is 88.1 cm³/mol. The molecule has 1 aromatic rings. The van der Waals surface area contributed by atoms with E-state index in [0.29, 0.717) is 13.2 Å². The van der Waals surface area contributed by atoms with Gasteiger partial charge in [-0.25, -0.2) is 0 Å². The standard InChI is InChI=1S/C17H30N2O2/c1-5-19(6-2)10-9-18-12-16(20)13-21-17-8-7-14(3)11-15(17)4/h7-8,11,16,18,20H,5-6,9-10,12-13H2,1-4H3. The van der Waals surface area contributed by atoms with E-state index in [1.165, 1.54) is 5.56 Å². The molecule has 0 spiro atoms. The Morgan fingerprint density at radius 1 is 1.24 bits per heavy atom. The zero-order valence-electron chi connectivity index (χ0n) is 13.9. The SMILES string of the molecule is CCN(CC)CCNCC(O)COc1ccc(C)cc1C. The molecule has 21 heavy (non-hydrogen) atoms. The van der Waals surface area contributed by atoms with E-state index in [2.05, 4.69) is 37.1 Å². The molecule has 0 aliphatic rings. The first kappa shape index (κ1) is 18.0. The van der Waals surface area contributed by atoms with Gasteiger partial charge >= 0.3 is 0 Å². The lowest BCUT2D eigenvalue weighted by molar-refractivity contribution is 0.105. The van der Waals surface area contributed by atoms with E-state index in [1.54, 1.807) is 0 Å². The van der Waals surface area contributed by atoms with Crippen LogP contribution in [-0.4, -0.2) is 55.4 Å². The summed E-state index contributed by atoms with van der Waals surface area (Å²) in [5.41, 5.74) is 2.33. The van der Waals surface area contributed by atoms with Crippen molar-refractivity contribution in [3.05, 3.63) is 29.3 Å². The summed E-state index contributed by atoms with van der Waals surface area (Å²) in [6, 6.07) is 6.08. The van der Waals surface area contributed by atoms with E-state index in [0.717, 1.165) is 37.5 Å². The van der Waals surface area contributed by atoms with Crippen molar-refractivity contribution in [3.63, 3.8) is 0 Å². The summed E-state index contributed by atoms with van der Waals surface area (Å²) in [7, 11) is 0. The Labute approximate surface area is 129 Å². The van der Waals surface area contributed by atoms with Gasteiger partial charge in [-0.3, -0.25) is 0 Å². The fourth-order valence-electron chi connectivity index (χ4n) is 2.25. The molecule has 0 saturated heterocycles. The molecule has 1 unspecified atom stereocenters. The Balaban J connectivity index is 2.20. The Bertz CT molecular complexity index is 406. The van der Waals surface area contributed by atoms with Crippen LogP contribution in [0, 0.1) is 13.8 Å². The summed E-state index contributed by atoms with van der Waals surface area (Å²) in [5.74, 6) is 0.850. The summed E-state index contributed by atoms with van der Waals surface area (Å²) in [4.78, 5) is 2.35. The zero-order chi connectivity index (χ0) is 15.7. The summed E-state index contributed by atoms with van der Waals surface area (Å²) < 4.78 is 5.67.